The molecule has 1 fully saturated rings. The number of hydrogen-bond donors (Lipinski definition) is 1. The predicted molar refractivity (Wildman–Crippen MR) is 53.6 cm³/mol. The highest BCUT2D eigenvalue weighted by Crippen LogP contribution is 2.31. The van der Waals surface area contributed by atoms with E-state index in [-0.39, 0.29) is 6.10 Å². The third kappa shape index (κ3) is 2.27. The molecule has 3 heteroatoms. The molecule has 1 rings (SSSR count). The van der Waals surface area contributed by atoms with Gasteiger partial charge in [-0.25, -0.2) is 0 Å². The lowest BCUT2D eigenvalue weighted by Gasteiger charge is -2.25. The molecule has 80 valence electrons. The second kappa shape index (κ2) is 4.79. The zero-order valence-corrected chi connectivity index (χ0v) is 9.04. The summed E-state index contributed by atoms with van der Waals surface area (Å²) in [6.07, 6.45) is 0.556. The van der Waals surface area contributed by atoms with E-state index >= 15 is 0 Å². The second-order valence-corrected chi connectivity index (χ2v) is 3.42. The van der Waals surface area contributed by atoms with E-state index in [4.69, 9.17) is 9.47 Å². The second-order valence-electron chi connectivity index (χ2n) is 3.42. The van der Waals surface area contributed by atoms with Gasteiger partial charge in [0.05, 0.1) is 6.61 Å². The number of rotatable bonds is 3. The van der Waals surface area contributed by atoms with E-state index < -0.39 is 11.9 Å². The average Bonchev–Trinajstić information content (AvgIpc) is 2.63. The maximum absolute atomic E-state index is 9.59. The van der Waals surface area contributed by atoms with Gasteiger partial charge >= 0.3 is 0 Å². The highest BCUT2D eigenvalue weighted by atomic mass is 16.7. The van der Waals surface area contributed by atoms with E-state index in [9.17, 15) is 5.11 Å². The van der Waals surface area contributed by atoms with Crippen molar-refractivity contribution in [1.29, 1.82) is 0 Å². The van der Waals surface area contributed by atoms with Crippen LogP contribution in [0.3, 0.4) is 0 Å². The summed E-state index contributed by atoms with van der Waals surface area (Å²) in [6.45, 7) is 6.16. The topological polar surface area (TPSA) is 38.7 Å². The quantitative estimate of drug-likeness (QED) is 0.695. The fourth-order valence-corrected chi connectivity index (χ4v) is 1.60. The van der Waals surface area contributed by atoms with Crippen molar-refractivity contribution in [3.05, 3.63) is 0 Å². The van der Waals surface area contributed by atoms with Gasteiger partial charge in [0.25, 0.3) is 0 Å². The Hall–Kier alpha value is -0.560. The van der Waals surface area contributed by atoms with E-state index in [1.54, 1.807) is 6.92 Å². The summed E-state index contributed by atoms with van der Waals surface area (Å²) >= 11 is 0. The van der Waals surface area contributed by atoms with E-state index in [0.29, 0.717) is 6.61 Å². The molecule has 1 N–H and O–H groups in total. The first-order chi connectivity index (χ1) is 6.67. The maximum atomic E-state index is 9.59. The van der Waals surface area contributed by atoms with Crippen LogP contribution in [0, 0.1) is 11.8 Å². The predicted octanol–water partition coefficient (Wildman–Crippen LogP) is 1.30. The lowest BCUT2D eigenvalue weighted by molar-refractivity contribution is -0.178. The Kier molecular flexibility index (Phi) is 3.94. The molecule has 0 saturated carbocycles. The summed E-state index contributed by atoms with van der Waals surface area (Å²) in [5.74, 6) is 4.85. The average molecular weight is 198 g/mol. The lowest BCUT2D eigenvalue weighted by atomic mass is 10.1. The third-order valence-electron chi connectivity index (χ3n) is 2.60. The molecule has 1 aliphatic rings. The molecule has 3 nitrogen and oxygen atoms in total. The van der Waals surface area contributed by atoms with E-state index in [0.717, 1.165) is 12.8 Å². The third-order valence-corrected chi connectivity index (χ3v) is 2.60. The molecule has 2 atom stereocenters. The molecule has 1 saturated heterocycles. The van der Waals surface area contributed by atoms with Gasteiger partial charge in [0.15, 0.2) is 5.79 Å². The first kappa shape index (κ1) is 11.5. The molecule has 0 aromatic heterocycles. The van der Waals surface area contributed by atoms with Gasteiger partial charge in [-0.1, -0.05) is 19.8 Å². The maximum Gasteiger partial charge on any atom is 0.168 e. The van der Waals surface area contributed by atoms with Crippen molar-refractivity contribution in [2.75, 3.05) is 6.61 Å². The van der Waals surface area contributed by atoms with Crippen LogP contribution in [0.5, 0.6) is 0 Å². The number of hydrogen-bond acceptors (Lipinski definition) is 3. The molecule has 1 heterocycles. The van der Waals surface area contributed by atoms with Crippen LogP contribution in [-0.4, -0.2) is 29.7 Å². The Labute approximate surface area is 85.4 Å². The molecule has 0 aliphatic carbocycles. The normalized spacial score (nSPS) is 26.7. The summed E-state index contributed by atoms with van der Waals surface area (Å²) in [7, 11) is 0. The van der Waals surface area contributed by atoms with Gasteiger partial charge in [-0.05, 0) is 19.8 Å². The monoisotopic (exact) mass is 198 g/mol. The van der Waals surface area contributed by atoms with Crippen LogP contribution in [-0.2, 0) is 9.47 Å². The Bertz CT molecular complexity index is 235. The van der Waals surface area contributed by atoms with E-state index in [1.807, 2.05) is 13.8 Å². The Morgan fingerprint density at radius 1 is 1.50 bits per heavy atom. The first-order valence-electron chi connectivity index (χ1n) is 5.09. The van der Waals surface area contributed by atoms with Gasteiger partial charge in [-0.3, -0.25) is 0 Å². The number of aliphatic hydroxyl groups excluding tert-OH is 1. The minimum Gasteiger partial charge on any atom is -0.378 e. The van der Waals surface area contributed by atoms with Gasteiger partial charge in [0, 0.05) is 0 Å². The summed E-state index contributed by atoms with van der Waals surface area (Å²) < 4.78 is 11.3. The highest BCUT2D eigenvalue weighted by molar-refractivity contribution is 5.05. The van der Waals surface area contributed by atoms with Gasteiger partial charge in [-0.15, -0.1) is 5.92 Å². The minimum atomic E-state index is -0.736. The summed E-state index contributed by atoms with van der Waals surface area (Å²) in [4.78, 5) is 0. The SMILES string of the molecule is CC#C[C@H](O)[C@H]1COC(CC)(CC)O1. The van der Waals surface area contributed by atoms with Crippen molar-refractivity contribution < 1.29 is 14.6 Å². The molecule has 0 spiro atoms. The zero-order valence-electron chi connectivity index (χ0n) is 9.04. The molecule has 0 bridgehead atoms. The van der Waals surface area contributed by atoms with Crippen molar-refractivity contribution in [1.82, 2.24) is 0 Å². The number of ether oxygens (including phenoxy) is 2. The molecular formula is C11H18O3. The molecule has 0 unspecified atom stereocenters. The molecule has 0 radical (unpaired) electrons. The Morgan fingerprint density at radius 2 is 2.14 bits per heavy atom. The standard InChI is InChI=1S/C11H18O3/c1-4-7-9(12)10-8-13-11(5-2,6-3)14-10/h9-10,12H,5-6,8H2,1-3H3/t9-,10+/m0/s1. The molecule has 0 aromatic carbocycles. The Balaban J connectivity index is 2.58. The van der Waals surface area contributed by atoms with Crippen LogP contribution in [0.1, 0.15) is 33.6 Å². The zero-order chi connectivity index (χ0) is 10.6. The lowest BCUT2D eigenvalue weighted by Crippen LogP contribution is -2.32. The van der Waals surface area contributed by atoms with Gasteiger partial charge < -0.3 is 14.6 Å². The van der Waals surface area contributed by atoms with Crippen molar-refractivity contribution in [3.63, 3.8) is 0 Å². The van der Waals surface area contributed by atoms with Crippen molar-refractivity contribution in [2.45, 2.75) is 51.6 Å². The van der Waals surface area contributed by atoms with Gasteiger partial charge in [-0.2, -0.15) is 0 Å². The van der Waals surface area contributed by atoms with Crippen molar-refractivity contribution in [3.8, 4) is 11.8 Å². The highest BCUT2D eigenvalue weighted by Gasteiger charge is 2.40. The fourth-order valence-electron chi connectivity index (χ4n) is 1.60. The van der Waals surface area contributed by atoms with Crippen LogP contribution in [0.2, 0.25) is 0 Å². The molecule has 0 amide bonds. The molecular weight excluding hydrogens is 180 g/mol. The molecule has 14 heavy (non-hydrogen) atoms. The van der Waals surface area contributed by atoms with Gasteiger partial charge in [0.1, 0.15) is 12.2 Å². The van der Waals surface area contributed by atoms with Crippen molar-refractivity contribution >= 4 is 0 Å². The van der Waals surface area contributed by atoms with Crippen LogP contribution in [0.25, 0.3) is 0 Å². The van der Waals surface area contributed by atoms with Crippen LogP contribution in [0.4, 0.5) is 0 Å². The van der Waals surface area contributed by atoms with Gasteiger partial charge in [0.2, 0.25) is 0 Å². The summed E-state index contributed by atoms with van der Waals surface area (Å²) in [5.41, 5.74) is 0. The number of aliphatic hydroxyl groups is 1. The first-order valence-corrected chi connectivity index (χ1v) is 5.09. The van der Waals surface area contributed by atoms with Crippen LogP contribution >= 0.6 is 0 Å². The minimum absolute atomic E-state index is 0.303. The van der Waals surface area contributed by atoms with Crippen LogP contribution in [0.15, 0.2) is 0 Å². The van der Waals surface area contributed by atoms with Crippen LogP contribution < -0.4 is 0 Å². The molecule has 0 aromatic rings. The van der Waals surface area contributed by atoms with Crippen molar-refractivity contribution in [2.24, 2.45) is 0 Å². The fraction of sp³-hybridized carbons (Fsp3) is 0.818. The summed E-state index contributed by atoms with van der Waals surface area (Å²) in [5, 5.41) is 9.59. The Morgan fingerprint density at radius 3 is 2.57 bits per heavy atom. The van der Waals surface area contributed by atoms with E-state index in [2.05, 4.69) is 11.8 Å². The summed E-state index contributed by atoms with van der Waals surface area (Å²) in [6, 6.07) is 0. The largest absolute Gasteiger partial charge is 0.378 e. The van der Waals surface area contributed by atoms with E-state index in [1.165, 1.54) is 0 Å². The molecule has 1 aliphatic heterocycles. The smallest absolute Gasteiger partial charge is 0.168 e.